The van der Waals surface area contributed by atoms with Crippen LogP contribution in [0.2, 0.25) is 0 Å². The van der Waals surface area contributed by atoms with Crippen molar-refractivity contribution < 1.29 is 47.9 Å². The van der Waals surface area contributed by atoms with E-state index >= 15 is 0 Å². The van der Waals surface area contributed by atoms with Crippen molar-refractivity contribution in [1.82, 2.24) is 0 Å². The van der Waals surface area contributed by atoms with Crippen LogP contribution in [0.4, 0.5) is 22.0 Å². The van der Waals surface area contributed by atoms with Crippen LogP contribution in [0.1, 0.15) is 31.9 Å². The number of benzene rings is 2. The second-order valence-electron chi connectivity index (χ2n) is 6.58. The third-order valence-electron chi connectivity index (χ3n) is 3.64. The Hall–Kier alpha value is -0.217. The minimum atomic E-state index is -2.19. The van der Waals surface area contributed by atoms with Gasteiger partial charge in [-0.3, -0.25) is 0 Å². The molecule has 10 heteroatoms. The fraction of sp³-hybridized carbons (Fsp3) is 0.294. The Morgan fingerprint density at radius 3 is 1.70 bits per heavy atom. The zero-order valence-electron chi connectivity index (χ0n) is 14.7. The quantitative estimate of drug-likeness (QED) is 0.231. The van der Waals surface area contributed by atoms with E-state index in [-0.39, 0.29) is 16.5 Å². The summed E-state index contributed by atoms with van der Waals surface area (Å²) in [4.78, 5) is 0. The van der Waals surface area contributed by atoms with Crippen molar-refractivity contribution in [3.63, 3.8) is 0 Å². The molecule has 0 amide bonds. The van der Waals surface area contributed by atoms with Gasteiger partial charge < -0.3 is 5.11 Å². The molecule has 0 saturated carbocycles. The molecule has 0 aliphatic carbocycles. The van der Waals surface area contributed by atoms with Crippen LogP contribution in [0.3, 0.4) is 0 Å². The molecule has 2 rings (SSSR count). The number of hydrogen-bond acceptors (Lipinski definition) is 1. The molecule has 0 heterocycles. The molecular weight excluding hydrogens is 508 g/mol. The third kappa shape index (κ3) is 5.88. The molecule has 0 spiro atoms. The molecule has 0 bridgehead atoms. The molecule has 1 nitrogen and oxygen atoms in total. The Kier molecular flexibility index (Phi) is 9.20. The van der Waals surface area contributed by atoms with E-state index < -0.39 is 63.8 Å². The molecular formula is C17H16Cl2F5OPZr. The average molecular weight is 524 g/mol. The van der Waals surface area contributed by atoms with Crippen LogP contribution in [-0.2, 0) is 26.3 Å². The van der Waals surface area contributed by atoms with Gasteiger partial charge in [0, 0.05) is 5.30 Å². The number of halogens is 7. The molecule has 0 aliphatic heterocycles. The Morgan fingerprint density at radius 1 is 0.889 bits per heavy atom. The van der Waals surface area contributed by atoms with E-state index in [2.05, 4.69) is 0 Å². The van der Waals surface area contributed by atoms with E-state index in [0.717, 1.165) is 5.56 Å². The van der Waals surface area contributed by atoms with Crippen molar-refractivity contribution in [2.75, 3.05) is 0 Å². The van der Waals surface area contributed by atoms with Crippen molar-refractivity contribution in [1.29, 1.82) is 0 Å². The zero-order chi connectivity index (χ0) is 21.1. The van der Waals surface area contributed by atoms with Crippen molar-refractivity contribution in [3.05, 3.63) is 52.3 Å². The van der Waals surface area contributed by atoms with Crippen LogP contribution in [0, 0.1) is 36.0 Å². The first kappa shape index (κ1) is 24.8. The SMILES string of the molecule is Cc1cc(C(C)(C)C)cc(Pc2c(F)c(F)c(F)c(F)c2F)c1O.[Cl][Zr][Cl]. The van der Waals surface area contributed by atoms with Gasteiger partial charge in [-0.05, 0) is 38.1 Å². The predicted molar refractivity (Wildman–Crippen MR) is 97.1 cm³/mol. The topological polar surface area (TPSA) is 20.2 Å². The molecule has 148 valence electrons. The molecule has 1 N–H and O–H groups in total. The molecule has 1 atom stereocenters. The van der Waals surface area contributed by atoms with Gasteiger partial charge in [0.2, 0.25) is 5.82 Å². The molecule has 0 aliphatic rings. The number of rotatable bonds is 2. The summed E-state index contributed by atoms with van der Waals surface area (Å²) < 4.78 is 67.5. The summed E-state index contributed by atoms with van der Waals surface area (Å²) >= 11 is -0.826. The molecule has 0 saturated heterocycles. The number of aryl methyl sites for hydroxylation is 1. The molecule has 2 aromatic rings. The summed E-state index contributed by atoms with van der Waals surface area (Å²) in [5.41, 5.74) is 0.937. The Morgan fingerprint density at radius 2 is 1.30 bits per heavy atom. The number of phenolic OH excluding ortho intramolecular Hbond substituents is 1. The monoisotopic (exact) mass is 522 g/mol. The summed E-state index contributed by atoms with van der Waals surface area (Å²) in [6.45, 7) is 7.33. The molecule has 0 aromatic heterocycles. The Labute approximate surface area is 174 Å². The molecule has 0 radical (unpaired) electrons. The van der Waals surface area contributed by atoms with E-state index in [9.17, 15) is 27.1 Å². The zero-order valence-corrected chi connectivity index (χ0v) is 19.7. The second kappa shape index (κ2) is 10.0. The van der Waals surface area contributed by atoms with Crippen molar-refractivity contribution in [3.8, 4) is 5.75 Å². The molecule has 0 fully saturated rings. The van der Waals surface area contributed by atoms with Gasteiger partial charge in [0.15, 0.2) is 23.3 Å². The molecule has 27 heavy (non-hydrogen) atoms. The van der Waals surface area contributed by atoms with E-state index in [1.165, 1.54) is 6.07 Å². The maximum atomic E-state index is 13.9. The van der Waals surface area contributed by atoms with Gasteiger partial charge in [-0.15, -0.1) is 0 Å². The number of hydrogen-bond donors (Lipinski definition) is 1. The fourth-order valence-electron chi connectivity index (χ4n) is 2.16. The normalized spacial score (nSPS) is 11.5. The molecule has 1 unspecified atom stereocenters. The first-order valence-electron chi connectivity index (χ1n) is 7.45. The maximum absolute atomic E-state index is 13.9. The summed E-state index contributed by atoms with van der Waals surface area (Å²) in [5.74, 6) is -10.1. The summed E-state index contributed by atoms with van der Waals surface area (Å²) in [5, 5.41) is 9.31. The van der Waals surface area contributed by atoms with Gasteiger partial charge in [0.1, 0.15) is 5.75 Å². The second-order valence-corrected chi connectivity index (χ2v) is 11.6. The van der Waals surface area contributed by atoms with Gasteiger partial charge in [0.05, 0.1) is 5.30 Å². The minimum absolute atomic E-state index is 0.128. The van der Waals surface area contributed by atoms with Gasteiger partial charge in [0.25, 0.3) is 0 Å². The summed E-state index contributed by atoms with van der Waals surface area (Å²) in [6.07, 6.45) is 0. The van der Waals surface area contributed by atoms with Crippen LogP contribution in [0.15, 0.2) is 12.1 Å². The third-order valence-corrected chi connectivity index (χ3v) is 4.98. The van der Waals surface area contributed by atoms with E-state index in [1.807, 2.05) is 20.8 Å². The van der Waals surface area contributed by atoms with Crippen molar-refractivity contribution in [2.24, 2.45) is 0 Å². The van der Waals surface area contributed by atoms with Crippen LogP contribution in [0.5, 0.6) is 5.75 Å². The van der Waals surface area contributed by atoms with Gasteiger partial charge in [-0.2, -0.15) is 0 Å². The number of aromatic hydroxyl groups is 1. The Balaban J connectivity index is 0.00000114. The predicted octanol–water partition coefficient (Wildman–Crippen LogP) is 5.70. The van der Waals surface area contributed by atoms with Crippen LogP contribution in [-0.4, -0.2) is 5.11 Å². The van der Waals surface area contributed by atoms with Gasteiger partial charge >= 0.3 is 37.9 Å². The van der Waals surface area contributed by atoms with Crippen LogP contribution in [0.25, 0.3) is 0 Å². The van der Waals surface area contributed by atoms with Crippen LogP contribution >= 0.6 is 25.6 Å². The summed E-state index contributed by atoms with van der Waals surface area (Å²) in [6, 6.07) is 3.25. The average Bonchev–Trinajstić information content (AvgIpc) is 2.58. The first-order chi connectivity index (χ1) is 12.4. The van der Waals surface area contributed by atoms with E-state index in [0.29, 0.717) is 5.56 Å². The van der Waals surface area contributed by atoms with E-state index in [1.54, 1.807) is 13.0 Å². The van der Waals surface area contributed by atoms with Gasteiger partial charge in [-0.25, -0.2) is 22.0 Å². The number of phenols is 1. The van der Waals surface area contributed by atoms with Crippen molar-refractivity contribution >= 4 is 36.2 Å². The fourth-order valence-corrected chi connectivity index (χ4v) is 3.41. The molecule has 2 aromatic carbocycles. The first-order valence-corrected chi connectivity index (χ1v) is 14.8. The standard InChI is InChI=1S/C17H16F5OP.2ClH.Zr/c1-7-5-8(17(2,3)4)6-9(15(7)23)24-16-13(21)11(19)10(18)12(20)14(16)22;;;/h5-6,23-24H,1-4H3;2*1H;/q;;;+2/p-2. The van der Waals surface area contributed by atoms with Crippen molar-refractivity contribution in [2.45, 2.75) is 33.1 Å². The van der Waals surface area contributed by atoms with E-state index in [4.69, 9.17) is 17.0 Å². The Bertz CT molecular complexity index is 814. The van der Waals surface area contributed by atoms with Gasteiger partial charge in [-0.1, -0.05) is 26.8 Å². The summed E-state index contributed by atoms with van der Waals surface area (Å²) in [7, 11) is 8.96. The van der Waals surface area contributed by atoms with Crippen LogP contribution < -0.4 is 10.6 Å².